The van der Waals surface area contributed by atoms with E-state index in [9.17, 15) is 0 Å². The van der Waals surface area contributed by atoms with E-state index in [1.54, 1.807) is 6.26 Å². The summed E-state index contributed by atoms with van der Waals surface area (Å²) in [5.41, 5.74) is 0. The molecule has 2 aromatic carbocycles. The second-order valence-electron chi connectivity index (χ2n) is 3.10. The average Bonchev–Trinajstić information content (AvgIpc) is 2.26. The Bertz CT molecular complexity index is 457. The van der Waals surface area contributed by atoms with Gasteiger partial charge in [0.25, 0.3) is 0 Å². The van der Waals surface area contributed by atoms with Crippen molar-refractivity contribution in [3.05, 3.63) is 54.8 Å². The van der Waals surface area contributed by atoms with Crippen molar-refractivity contribution < 1.29 is 4.74 Å². The molecule has 70 valence electrons. The maximum atomic E-state index is 5.38. The number of benzene rings is 2. The van der Waals surface area contributed by atoms with Gasteiger partial charge in [0.2, 0.25) is 0 Å². The first-order valence-corrected chi connectivity index (χ1v) is 4.67. The summed E-state index contributed by atoms with van der Waals surface area (Å²) in [5, 5.41) is 2.44. The number of ether oxygens (including phenoxy) is 1. The fourth-order valence-corrected chi connectivity index (χ4v) is 1.39. The van der Waals surface area contributed by atoms with Crippen LogP contribution in [0, 0.1) is 0 Å². The summed E-state index contributed by atoms with van der Waals surface area (Å²) in [6.07, 6.45) is 3.55. The van der Waals surface area contributed by atoms with Gasteiger partial charge in [-0.2, -0.15) is 0 Å². The Balaban J connectivity index is 2.41. The van der Waals surface area contributed by atoms with Crippen molar-refractivity contribution in [2.75, 3.05) is 0 Å². The molecule has 0 unspecified atom stereocenters. The molecule has 0 aromatic heterocycles. The second-order valence-corrected chi connectivity index (χ2v) is 3.10. The van der Waals surface area contributed by atoms with Gasteiger partial charge in [0, 0.05) is 0 Å². The molecule has 0 aliphatic heterocycles. The third-order valence-electron chi connectivity index (χ3n) is 2.06. The Kier molecular flexibility index (Phi) is 2.50. The first-order valence-electron chi connectivity index (χ1n) is 4.67. The quantitative estimate of drug-likeness (QED) is 0.646. The third kappa shape index (κ3) is 1.77. The van der Waals surface area contributed by atoms with Crippen LogP contribution in [0.3, 0.4) is 0 Å². The molecule has 1 heteroatoms. The molecule has 0 fully saturated rings. The largest absolute Gasteiger partial charge is 0.465 e. The van der Waals surface area contributed by atoms with Crippen LogP contribution in [0.4, 0.5) is 0 Å². The van der Waals surface area contributed by atoms with Crippen molar-refractivity contribution in [1.29, 1.82) is 0 Å². The lowest BCUT2D eigenvalue weighted by atomic mass is 10.1. The molecule has 14 heavy (non-hydrogen) atoms. The first-order chi connectivity index (χ1) is 6.90. The van der Waals surface area contributed by atoms with Gasteiger partial charge in [-0.05, 0) is 29.8 Å². The van der Waals surface area contributed by atoms with E-state index in [1.807, 2.05) is 37.3 Å². The van der Waals surface area contributed by atoms with Crippen LogP contribution in [-0.4, -0.2) is 0 Å². The van der Waals surface area contributed by atoms with Gasteiger partial charge in [0.05, 0.1) is 6.26 Å². The van der Waals surface area contributed by atoms with E-state index in [4.69, 9.17) is 4.74 Å². The smallest absolute Gasteiger partial charge is 0.127 e. The van der Waals surface area contributed by atoms with Crippen LogP contribution in [0.2, 0.25) is 0 Å². The minimum Gasteiger partial charge on any atom is -0.465 e. The van der Waals surface area contributed by atoms with E-state index in [0.29, 0.717) is 0 Å². The van der Waals surface area contributed by atoms with E-state index >= 15 is 0 Å². The predicted molar refractivity (Wildman–Crippen MR) is 59.4 cm³/mol. The Morgan fingerprint density at radius 2 is 1.79 bits per heavy atom. The number of allylic oxidation sites excluding steroid dienone is 1. The molecule has 2 aromatic rings. The first kappa shape index (κ1) is 8.82. The highest BCUT2D eigenvalue weighted by atomic mass is 16.5. The molecule has 0 saturated carbocycles. The standard InChI is InChI=1S/C13H12O/c1-2-9-14-13-8-7-11-5-3-4-6-12(11)10-13/h2-10H,1H3. The summed E-state index contributed by atoms with van der Waals surface area (Å²) in [6, 6.07) is 14.3. The second kappa shape index (κ2) is 3.97. The summed E-state index contributed by atoms with van der Waals surface area (Å²) in [5.74, 6) is 0.877. The van der Waals surface area contributed by atoms with Gasteiger partial charge >= 0.3 is 0 Å². The van der Waals surface area contributed by atoms with Gasteiger partial charge in [-0.25, -0.2) is 0 Å². The van der Waals surface area contributed by atoms with Crippen LogP contribution < -0.4 is 4.74 Å². The van der Waals surface area contributed by atoms with Crippen LogP contribution in [0.15, 0.2) is 54.8 Å². The molecule has 0 aliphatic carbocycles. The number of fused-ring (bicyclic) bond motifs is 1. The van der Waals surface area contributed by atoms with Gasteiger partial charge in [0.1, 0.15) is 5.75 Å². The molecule has 0 spiro atoms. The Morgan fingerprint density at radius 1 is 1.00 bits per heavy atom. The maximum absolute atomic E-state index is 5.38. The van der Waals surface area contributed by atoms with Crippen molar-refractivity contribution in [1.82, 2.24) is 0 Å². The molecule has 1 nitrogen and oxygen atoms in total. The van der Waals surface area contributed by atoms with Crippen LogP contribution in [0.25, 0.3) is 10.8 Å². The SMILES string of the molecule is CC=COc1ccc2ccccc2c1. The molecule has 0 atom stereocenters. The van der Waals surface area contributed by atoms with Crippen LogP contribution in [0.5, 0.6) is 5.75 Å². The lowest BCUT2D eigenvalue weighted by molar-refractivity contribution is 0.481. The minimum absolute atomic E-state index is 0.877. The Labute approximate surface area is 83.6 Å². The number of rotatable bonds is 2. The van der Waals surface area contributed by atoms with Crippen molar-refractivity contribution >= 4 is 10.8 Å². The third-order valence-corrected chi connectivity index (χ3v) is 2.06. The summed E-state index contributed by atoms with van der Waals surface area (Å²) >= 11 is 0. The van der Waals surface area contributed by atoms with Crippen molar-refractivity contribution in [3.63, 3.8) is 0 Å². The summed E-state index contributed by atoms with van der Waals surface area (Å²) in [4.78, 5) is 0. The van der Waals surface area contributed by atoms with E-state index in [1.165, 1.54) is 10.8 Å². The van der Waals surface area contributed by atoms with Crippen LogP contribution >= 0.6 is 0 Å². The number of hydrogen-bond acceptors (Lipinski definition) is 1. The zero-order chi connectivity index (χ0) is 9.80. The lowest BCUT2D eigenvalue weighted by Crippen LogP contribution is -1.81. The molecule has 2 rings (SSSR count). The summed E-state index contributed by atoms with van der Waals surface area (Å²) in [6.45, 7) is 1.93. The summed E-state index contributed by atoms with van der Waals surface area (Å²) in [7, 11) is 0. The van der Waals surface area contributed by atoms with Crippen molar-refractivity contribution in [2.45, 2.75) is 6.92 Å². The normalized spacial score (nSPS) is 10.9. The Morgan fingerprint density at radius 3 is 2.57 bits per heavy atom. The molecule has 0 N–H and O–H groups in total. The van der Waals surface area contributed by atoms with E-state index in [0.717, 1.165) is 5.75 Å². The fourth-order valence-electron chi connectivity index (χ4n) is 1.39. The molecule has 0 radical (unpaired) electrons. The highest BCUT2D eigenvalue weighted by Gasteiger charge is 1.94. The zero-order valence-electron chi connectivity index (χ0n) is 8.10. The molecule has 0 amide bonds. The van der Waals surface area contributed by atoms with Gasteiger partial charge < -0.3 is 4.74 Å². The molecule has 0 aliphatic rings. The monoisotopic (exact) mass is 184 g/mol. The Hall–Kier alpha value is -1.76. The lowest BCUT2D eigenvalue weighted by Gasteiger charge is -2.01. The summed E-state index contributed by atoms with van der Waals surface area (Å²) < 4.78 is 5.38. The van der Waals surface area contributed by atoms with Crippen LogP contribution in [-0.2, 0) is 0 Å². The van der Waals surface area contributed by atoms with Crippen LogP contribution in [0.1, 0.15) is 6.92 Å². The molecular formula is C13H12O. The van der Waals surface area contributed by atoms with Crippen molar-refractivity contribution in [3.8, 4) is 5.75 Å². The van der Waals surface area contributed by atoms with Gasteiger partial charge in [-0.3, -0.25) is 0 Å². The molecule has 0 bridgehead atoms. The van der Waals surface area contributed by atoms with Gasteiger partial charge in [-0.1, -0.05) is 36.4 Å². The predicted octanol–water partition coefficient (Wildman–Crippen LogP) is 3.75. The van der Waals surface area contributed by atoms with E-state index < -0.39 is 0 Å². The zero-order valence-corrected chi connectivity index (χ0v) is 8.10. The maximum Gasteiger partial charge on any atom is 0.127 e. The van der Waals surface area contributed by atoms with E-state index in [2.05, 4.69) is 18.2 Å². The molecular weight excluding hydrogens is 172 g/mol. The number of hydrogen-bond donors (Lipinski definition) is 0. The van der Waals surface area contributed by atoms with Crippen molar-refractivity contribution in [2.24, 2.45) is 0 Å². The van der Waals surface area contributed by atoms with Gasteiger partial charge in [0.15, 0.2) is 0 Å². The van der Waals surface area contributed by atoms with Gasteiger partial charge in [-0.15, -0.1) is 0 Å². The molecule has 0 heterocycles. The average molecular weight is 184 g/mol. The highest BCUT2D eigenvalue weighted by molar-refractivity contribution is 5.83. The van der Waals surface area contributed by atoms with E-state index in [-0.39, 0.29) is 0 Å². The highest BCUT2D eigenvalue weighted by Crippen LogP contribution is 2.20. The molecule has 0 saturated heterocycles. The topological polar surface area (TPSA) is 9.23 Å². The minimum atomic E-state index is 0.877. The fraction of sp³-hybridized carbons (Fsp3) is 0.0769.